The molecule has 2 aromatic carbocycles. The van der Waals surface area contributed by atoms with Crippen LogP contribution in [0.1, 0.15) is 0 Å². The highest BCUT2D eigenvalue weighted by atomic mass is 15.1. The van der Waals surface area contributed by atoms with Crippen LogP contribution in [0.2, 0.25) is 0 Å². The summed E-state index contributed by atoms with van der Waals surface area (Å²) >= 11 is 0. The number of rotatable bonds is 6. The molecule has 0 aliphatic rings. The van der Waals surface area contributed by atoms with E-state index in [2.05, 4.69) is 85.8 Å². The number of nitrogens with zero attached hydrogens (tertiary/aromatic N) is 2. The fourth-order valence-electron chi connectivity index (χ4n) is 2.60. The summed E-state index contributed by atoms with van der Waals surface area (Å²) in [5.74, 6) is 0. The highest BCUT2D eigenvalue weighted by Gasteiger charge is 2.12. The maximum atomic E-state index is 3.70. The van der Waals surface area contributed by atoms with E-state index in [9.17, 15) is 0 Å². The second kappa shape index (κ2) is 6.73. The number of benzene rings is 2. The van der Waals surface area contributed by atoms with Crippen molar-refractivity contribution in [3.05, 3.63) is 42.5 Å². The van der Waals surface area contributed by atoms with Crippen LogP contribution in [0.3, 0.4) is 0 Å². The molecule has 3 heteroatoms. The quantitative estimate of drug-likeness (QED) is 0.871. The predicted octanol–water partition coefficient (Wildman–Crippen LogP) is 2.74. The van der Waals surface area contributed by atoms with Crippen molar-refractivity contribution in [1.82, 2.24) is 9.80 Å². The number of anilines is 1. The summed E-state index contributed by atoms with van der Waals surface area (Å²) < 4.78 is 0. The van der Waals surface area contributed by atoms with Crippen LogP contribution in [-0.2, 0) is 0 Å². The molecular formula is C17H25N3. The summed E-state index contributed by atoms with van der Waals surface area (Å²) in [6, 6.07) is 15.4. The van der Waals surface area contributed by atoms with E-state index in [0.717, 1.165) is 13.1 Å². The molecule has 0 aliphatic heterocycles. The summed E-state index contributed by atoms with van der Waals surface area (Å²) in [6.07, 6.45) is 0. The van der Waals surface area contributed by atoms with Gasteiger partial charge in [-0.2, -0.15) is 0 Å². The molecule has 2 aromatic rings. The standard InChI is InChI=1S/C17H25N3/c1-19(2)12-15(13-20(3)4)18-17-11-7-9-14-8-5-6-10-16(14)17/h5-11,15,18H,12-13H2,1-4H3. The first-order chi connectivity index (χ1) is 9.56. The second-order valence-electron chi connectivity index (χ2n) is 5.89. The van der Waals surface area contributed by atoms with Crippen molar-refractivity contribution in [3.63, 3.8) is 0 Å². The number of hydrogen-bond acceptors (Lipinski definition) is 3. The molecule has 3 nitrogen and oxygen atoms in total. The third kappa shape index (κ3) is 3.95. The van der Waals surface area contributed by atoms with Gasteiger partial charge >= 0.3 is 0 Å². The van der Waals surface area contributed by atoms with Gasteiger partial charge in [-0.3, -0.25) is 0 Å². The predicted molar refractivity (Wildman–Crippen MR) is 88.5 cm³/mol. The number of nitrogens with one attached hydrogen (secondary N) is 1. The van der Waals surface area contributed by atoms with E-state index in [-0.39, 0.29) is 0 Å². The number of fused-ring (bicyclic) bond motifs is 1. The van der Waals surface area contributed by atoms with Gasteiger partial charge in [0.1, 0.15) is 0 Å². The summed E-state index contributed by atoms with van der Waals surface area (Å²) in [6.45, 7) is 2.03. The van der Waals surface area contributed by atoms with E-state index in [1.54, 1.807) is 0 Å². The molecule has 0 atom stereocenters. The van der Waals surface area contributed by atoms with Crippen molar-refractivity contribution >= 4 is 16.5 Å². The molecular weight excluding hydrogens is 246 g/mol. The van der Waals surface area contributed by atoms with Crippen LogP contribution in [-0.4, -0.2) is 57.1 Å². The van der Waals surface area contributed by atoms with Crippen molar-refractivity contribution in [2.45, 2.75) is 6.04 Å². The summed E-state index contributed by atoms with van der Waals surface area (Å²) in [5, 5.41) is 6.27. The highest BCUT2D eigenvalue weighted by Crippen LogP contribution is 2.23. The molecule has 0 aromatic heterocycles. The highest BCUT2D eigenvalue weighted by molar-refractivity contribution is 5.93. The smallest absolute Gasteiger partial charge is 0.0515 e. The number of hydrogen-bond donors (Lipinski definition) is 1. The normalized spacial score (nSPS) is 11.8. The van der Waals surface area contributed by atoms with E-state index in [1.165, 1.54) is 16.5 Å². The molecule has 0 saturated carbocycles. The second-order valence-corrected chi connectivity index (χ2v) is 5.89. The molecule has 1 N–H and O–H groups in total. The molecule has 2 rings (SSSR count). The molecule has 0 bridgehead atoms. The van der Waals surface area contributed by atoms with Crippen molar-refractivity contribution in [2.75, 3.05) is 46.6 Å². The molecule has 0 aliphatic carbocycles. The van der Waals surface area contributed by atoms with Gasteiger partial charge in [0.15, 0.2) is 0 Å². The maximum absolute atomic E-state index is 3.70. The summed E-state index contributed by atoms with van der Waals surface area (Å²) in [5.41, 5.74) is 1.22. The minimum absolute atomic E-state index is 0.408. The Morgan fingerprint density at radius 3 is 2.10 bits per heavy atom. The largest absolute Gasteiger partial charge is 0.379 e. The van der Waals surface area contributed by atoms with Crippen molar-refractivity contribution in [2.24, 2.45) is 0 Å². The van der Waals surface area contributed by atoms with Gasteiger partial charge in [-0.15, -0.1) is 0 Å². The lowest BCUT2D eigenvalue weighted by Crippen LogP contribution is -2.40. The average Bonchev–Trinajstić information content (AvgIpc) is 2.37. The van der Waals surface area contributed by atoms with Gasteiger partial charge in [-0.25, -0.2) is 0 Å². The molecule has 20 heavy (non-hydrogen) atoms. The zero-order chi connectivity index (χ0) is 14.5. The lowest BCUT2D eigenvalue weighted by atomic mass is 10.1. The lowest BCUT2D eigenvalue weighted by Gasteiger charge is -2.26. The minimum atomic E-state index is 0.408. The third-order valence-corrected chi connectivity index (χ3v) is 3.32. The fourth-order valence-corrected chi connectivity index (χ4v) is 2.60. The Labute approximate surface area is 122 Å². The summed E-state index contributed by atoms with van der Waals surface area (Å²) in [4.78, 5) is 4.46. The zero-order valence-corrected chi connectivity index (χ0v) is 12.9. The van der Waals surface area contributed by atoms with Crippen LogP contribution in [0.4, 0.5) is 5.69 Å². The van der Waals surface area contributed by atoms with E-state index in [1.807, 2.05) is 0 Å². The lowest BCUT2D eigenvalue weighted by molar-refractivity contribution is 0.320. The first-order valence-electron chi connectivity index (χ1n) is 7.10. The molecule has 0 saturated heterocycles. The molecule has 0 unspecified atom stereocenters. The Morgan fingerprint density at radius 2 is 1.45 bits per heavy atom. The Kier molecular flexibility index (Phi) is 4.99. The van der Waals surface area contributed by atoms with Crippen molar-refractivity contribution in [1.29, 1.82) is 0 Å². The average molecular weight is 271 g/mol. The van der Waals surface area contributed by atoms with E-state index in [4.69, 9.17) is 0 Å². The summed E-state index contributed by atoms with van der Waals surface area (Å²) in [7, 11) is 8.47. The Balaban J connectivity index is 2.23. The maximum Gasteiger partial charge on any atom is 0.0515 e. The van der Waals surface area contributed by atoms with Crippen LogP contribution in [0.25, 0.3) is 10.8 Å². The van der Waals surface area contributed by atoms with E-state index in [0.29, 0.717) is 6.04 Å². The van der Waals surface area contributed by atoms with Crippen molar-refractivity contribution in [3.8, 4) is 0 Å². The van der Waals surface area contributed by atoms with Crippen LogP contribution in [0.15, 0.2) is 42.5 Å². The Morgan fingerprint density at radius 1 is 0.850 bits per heavy atom. The molecule has 0 spiro atoms. The van der Waals surface area contributed by atoms with Gasteiger partial charge in [0, 0.05) is 24.2 Å². The van der Waals surface area contributed by atoms with Gasteiger partial charge < -0.3 is 15.1 Å². The Bertz CT molecular complexity index is 533. The van der Waals surface area contributed by atoms with E-state index < -0.39 is 0 Å². The van der Waals surface area contributed by atoms with Gasteiger partial charge in [0.2, 0.25) is 0 Å². The zero-order valence-electron chi connectivity index (χ0n) is 12.9. The van der Waals surface area contributed by atoms with Crippen LogP contribution >= 0.6 is 0 Å². The van der Waals surface area contributed by atoms with Gasteiger partial charge in [-0.1, -0.05) is 36.4 Å². The minimum Gasteiger partial charge on any atom is -0.379 e. The third-order valence-electron chi connectivity index (χ3n) is 3.32. The first kappa shape index (κ1) is 14.8. The van der Waals surface area contributed by atoms with Crippen molar-refractivity contribution < 1.29 is 0 Å². The molecule has 108 valence electrons. The van der Waals surface area contributed by atoms with Gasteiger partial charge in [-0.05, 0) is 39.6 Å². The monoisotopic (exact) mass is 271 g/mol. The van der Waals surface area contributed by atoms with Crippen LogP contribution in [0, 0.1) is 0 Å². The topological polar surface area (TPSA) is 18.5 Å². The molecule has 0 heterocycles. The van der Waals surface area contributed by atoms with Gasteiger partial charge in [0.05, 0.1) is 6.04 Å². The Hall–Kier alpha value is -1.58. The van der Waals surface area contributed by atoms with Crippen LogP contribution in [0.5, 0.6) is 0 Å². The molecule has 0 amide bonds. The SMILES string of the molecule is CN(C)CC(CN(C)C)Nc1cccc2ccccc12. The van der Waals surface area contributed by atoms with Gasteiger partial charge in [0.25, 0.3) is 0 Å². The fraction of sp³-hybridized carbons (Fsp3) is 0.412. The number of likely N-dealkylation sites (N-methyl/N-ethyl adjacent to an activating group) is 2. The van der Waals surface area contributed by atoms with E-state index >= 15 is 0 Å². The molecule has 0 radical (unpaired) electrons. The first-order valence-corrected chi connectivity index (χ1v) is 7.10. The molecule has 0 fully saturated rings. The van der Waals surface area contributed by atoms with Crippen LogP contribution < -0.4 is 5.32 Å².